The molecule has 5 heteroatoms. The SMILES string of the molecule is CC(C)CC(=O)Nc1cnc(N(C)C)nc1. The minimum Gasteiger partial charge on any atom is -0.347 e. The van der Waals surface area contributed by atoms with Crippen LogP contribution in [0.15, 0.2) is 12.4 Å². The lowest BCUT2D eigenvalue weighted by molar-refractivity contribution is -0.116. The number of nitrogens with one attached hydrogen (secondary N) is 1. The van der Waals surface area contributed by atoms with Gasteiger partial charge in [-0.1, -0.05) is 13.8 Å². The van der Waals surface area contributed by atoms with E-state index < -0.39 is 0 Å². The molecule has 0 aliphatic carbocycles. The lowest BCUT2D eigenvalue weighted by Gasteiger charge is -2.10. The van der Waals surface area contributed by atoms with E-state index in [4.69, 9.17) is 0 Å². The van der Waals surface area contributed by atoms with Gasteiger partial charge in [-0.05, 0) is 5.92 Å². The van der Waals surface area contributed by atoms with Crippen LogP contribution in [0.1, 0.15) is 20.3 Å². The first-order chi connectivity index (χ1) is 7.49. The predicted octanol–water partition coefficient (Wildman–Crippen LogP) is 1.53. The average Bonchev–Trinajstić information content (AvgIpc) is 2.16. The molecule has 1 aromatic heterocycles. The monoisotopic (exact) mass is 222 g/mol. The number of nitrogens with zero attached hydrogens (tertiary/aromatic N) is 3. The van der Waals surface area contributed by atoms with E-state index >= 15 is 0 Å². The number of rotatable bonds is 4. The third-order valence-corrected chi connectivity index (χ3v) is 1.92. The summed E-state index contributed by atoms with van der Waals surface area (Å²) in [5, 5.41) is 2.76. The van der Waals surface area contributed by atoms with Gasteiger partial charge in [-0.3, -0.25) is 4.79 Å². The van der Waals surface area contributed by atoms with Gasteiger partial charge in [0.25, 0.3) is 0 Å². The van der Waals surface area contributed by atoms with Crippen molar-refractivity contribution >= 4 is 17.5 Å². The molecule has 0 bridgehead atoms. The molecule has 16 heavy (non-hydrogen) atoms. The molecule has 0 radical (unpaired) electrons. The summed E-state index contributed by atoms with van der Waals surface area (Å²) in [5.74, 6) is 0.972. The minimum atomic E-state index is -0.00352. The van der Waals surface area contributed by atoms with Crippen LogP contribution in [0.2, 0.25) is 0 Å². The Balaban J connectivity index is 2.58. The number of carbonyl (C=O) groups is 1. The first-order valence-corrected chi connectivity index (χ1v) is 5.28. The molecule has 0 saturated carbocycles. The molecule has 0 aliphatic heterocycles. The van der Waals surface area contributed by atoms with E-state index in [9.17, 15) is 4.79 Å². The molecular weight excluding hydrogens is 204 g/mol. The van der Waals surface area contributed by atoms with Crippen LogP contribution in [0.5, 0.6) is 0 Å². The normalized spacial score (nSPS) is 10.3. The summed E-state index contributed by atoms with van der Waals surface area (Å²) in [6, 6.07) is 0. The Labute approximate surface area is 95.9 Å². The maximum atomic E-state index is 11.5. The summed E-state index contributed by atoms with van der Waals surface area (Å²) in [7, 11) is 3.73. The Bertz CT molecular complexity index is 346. The molecule has 0 saturated heterocycles. The Morgan fingerprint density at radius 2 is 1.94 bits per heavy atom. The maximum absolute atomic E-state index is 11.5. The van der Waals surface area contributed by atoms with Crippen LogP contribution in [0, 0.1) is 5.92 Å². The molecule has 5 nitrogen and oxygen atoms in total. The fourth-order valence-electron chi connectivity index (χ4n) is 1.20. The minimum absolute atomic E-state index is 0.00352. The summed E-state index contributed by atoms with van der Waals surface area (Å²) in [5.41, 5.74) is 0.635. The standard InChI is InChI=1S/C11H18N4O/c1-8(2)5-10(16)14-9-6-12-11(13-7-9)15(3)4/h6-8H,5H2,1-4H3,(H,14,16). The molecule has 1 N–H and O–H groups in total. The Morgan fingerprint density at radius 3 is 2.38 bits per heavy atom. The van der Waals surface area contributed by atoms with Crippen molar-refractivity contribution in [3.63, 3.8) is 0 Å². The second-order valence-electron chi connectivity index (χ2n) is 4.31. The van der Waals surface area contributed by atoms with Crippen molar-refractivity contribution in [1.29, 1.82) is 0 Å². The largest absolute Gasteiger partial charge is 0.347 e. The quantitative estimate of drug-likeness (QED) is 0.839. The smallest absolute Gasteiger partial charge is 0.224 e. The zero-order chi connectivity index (χ0) is 12.1. The Hall–Kier alpha value is -1.65. The second kappa shape index (κ2) is 5.44. The first kappa shape index (κ1) is 12.4. The van der Waals surface area contributed by atoms with Crippen LogP contribution in [-0.2, 0) is 4.79 Å². The third-order valence-electron chi connectivity index (χ3n) is 1.92. The summed E-state index contributed by atoms with van der Waals surface area (Å²) < 4.78 is 0. The molecule has 0 unspecified atom stereocenters. The number of hydrogen-bond donors (Lipinski definition) is 1. The summed E-state index contributed by atoms with van der Waals surface area (Å²) in [6.07, 6.45) is 3.73. The van der Waals surface area contributed by atoms with Crippen molar-refractivity contribution in [2.75, 3.05) is 24.3 Å². The van der Waals surface area contributed by atoms with E-state index in [1.165, 1.54) is 0 Å². The molecule has 1 amide bonds. The molecule has 0 atom stereocenters. The number of anilines is 2. The van der Waals surface area contributed by atoms with Gasteiger partial charge in [0.05, 0.1) is 18.1 Å². The van der Waals surface area contributed by atoms with Gasteiger partial charge in [0.15, 0.2) is 0 Å². The van der Waals surface area contributed by atoms with Crippen LogP contribution >= 0.6 is 0 Å². The first-order valence-electron chi connectivity index (χ1n) is 5.28. The molecule has 1 aromatic rings. The van der Waals surface area contributed by atoms with Gasteiger partial charge in [0.2, 0.25) is 11.9 Å². The van der Waals surface area contributed by atoms with E-state index in [-0.39, 0.29) is 5.91 Å². The van der Waals surface area contributed by atoms with Gasteiger partial charge in [0.1, 0.15) is 0 Å². The molecule has 0 spiro atoms. The zero-order valence-corrected chi connectivity index (χ0v) is 10.2. The molecule has 0 fully saturated rings. The highest BCUT2D eigenvalue weighted by Gasteiger charge is 2.06. The van der Waals surface area contributed by atoms with Crippen LogP contribution in [0.4, 0.5) is 11.6 Å². The van der Waals surface area contributed by atoms with Gasteiger partial charge >= 0.3 is 0 Å². The molecule has 0 aromatic carbocycles. The fraction of sp³-hybridized carbons (Fsp3) is 0.545. The molecule has 1 heterocycles. The lowest BCUT2D eigenvalue weighted by atomic mass is 10.1. The molecular formula is C11H18N4O. The zero-order valence-electron chi connectivity index (χ0n) is 10.2. The van der Waals surface area contributed by atoms with E-state index in [0.29, 0.717) is 24.0 Å². The van der Waals surface area contributed by atoms with Crippen LogP contribution in [0.3, 0.4) is 0 Å². The average molecular weight is 222 g/mol. The number of hydrogen-bond acceptors (Lipinski definition) is 4. The van der Waals surface area contributed by atoms with Crippen molar-refractivity contribution in [2.45, 2.75) is 20.3 Å². The van der Waals surface area contributed by atoms with Gasteiger partial charge in [0, 0.05) is 20.5 Å². The van der Waals surface area contributed by atoms with Gasteiger partial charge in [-0.25, -0.2) is 9.97 Å². The van der Waals surface area contributed by atoms with Crippen molar-refractivity contribution < 1.29 is 4.79 Å². The number of aromatic nitrogens is 2. The van der Waals surface area contributed by atoms with Crippen molar-refractivity contribution in [3.8, 4) is 0 Å². The van der Waals surface area contributed by atoms with E-state index in [1.807, 2.05) is 27.9 Å². The highest BCUT2D eigenvalue weighted by Crippen LogP contribution is 2.09. The maximum Gasteiger partial charge on any atom is 0.224 e. The van der Waals surface area contributed by atoms with Crippen LogP contribution < -0.4 is 10.2 Å². The van der Waals surface area contributed by atoms with Crippen molar-refractivity contribution in [1.82, 2.24) is 9.97 Å². The van der Waals surface area contributed by atoms with E-state index in [1.54, 1.807) is 17.3 Å². The van der Waals surface area contributed by atoms with Crippen LogP contribution in [0.25, 0.3) is 0 Å². The van der Waals surface area contributed by atoms with Gasteiger partial charge < -0.3 is 10.2 Å². The van der Waals surface area contributed by atoms with Crippen molar-refractivity contribution in [3.05, 3.63) is 12.4 Å². The summed E-state index contributed by atoms with van der Waals surface area (Å²) in [4.78, 5) is 21.5. The highest BCUT2D eigenvalue weighted by molar-refractivity contribution is 5.90. The summed E-state index contributed by atoms with van der Waals surface area (Å²) in [6.45, 7) is 4.01. The molecule has 0 aliphatic rings. The second-order valence-corrected chi connectivity index (χ2v) is 4.31. The fourth-order valence-corrected chi connectivity index (χ4v) is 1.20. The van der Waals surface area contributed by atoms with E-state index in [0.717, 1.165) is 0 Å². The van der Waals surface area contributed by atoms with Gasteiger partial charge in [-0.2, -0.15) is 0 Å². The molecule has 1 rings (SSSR count). The van der Waals surface area contributed by atoms with Crippen LogP contribution in [-0.4, -0.2) is 30.0 Å². The Morgan fingerprint density at radius 1 is 1.38 bits per heavy atom. The van der Waals surface area contributed by atoms with Crippen molar-refractivity contribution in [2.24, 2.45) is 5.92 Å². The highest BCUT2D eigenvalue weighted by atomic mass is 16.1. The Kier molecular flexibility index (Phi) is 4.22. The predicted molar refractivity (Wildman–Crippen MR) is 64.4 cm³/mol. The lowest BCUT2D eigenvalue weighted by Crippen LogP contribution is -2.16. The number of carbonyl (C=O) groups excluding carboxylic acids is 1. The van der Waals surface area contributed by atoms with E-state index in [2.05, 4.69) is 15.3 Å². The number of amides is 1. The third kappa shape index (κ3) is 3.84. The topological polar surface area (TPSA) is 58.1 Å². The summed E-state index contributed by atoms with van der Waals surface area (Å²) >= 11 is 0. The van der Waals surface area contributed by atoms with Gasteiger partial charge in [-0.15, -0.1) is 0 Å². The molecule has 88 valence electrons.